The first-order chi connectivity index (χ1) is 15.7. The van der Waals surface area contributed by atoms with E-state index in [-0.39, 0.29) is 0 Å². The van der Waals surface area contributed by atoms with Crippen LogP contribution in [0.15, 0.2) is 30.3 Å². The molecule has 0 aliphatic heterocycles. The van der Waals surface area contributed by atoms with Crippen molar-refractivity contribution in [2.24, 2.45) is 0 Å². The largest absolute Gasteiger partial charge is 0.0936 e. The Labute approximate surface area is 204 Å². The molecule has 1 rings (SSSR count). The van der Waals surface area contributed by atoms with Crippen LogP contribution in [0, 0.1) is 0 Å². The molecule has 0 nitrogen and oxygen atoms in total. The van der Waals surface area contributed by atoms with E-state index in [0.717, 1.165) is 0 Å². The molecule has 0 bridgehead atoms. The van der Waals surface area contributed by atoms with Crippen LogP contribution >= 0.6 is 7.26 Å². The van der Waals surface area contributed by atoms with E-state index in [0.29, 0.717) is 0 Å². The van der Waals surface area contributed by atoms with Crippen LogP contribution in [0.25, 0.3) is 0 Å². The van der Waals surface area contributed by atoms with Gasteiger partial charge in [0, 0.05) is 7.26 Å². The van der Waals surface area contributed by atoms with E-state index in [1.807, 2.05) is 0 Å². The molecule has 0 N–H and O–H groups in total. The molecule has 186 valence electrons. The van der Waals surface area contributed by atoms with Crippen LogP contribution in [-0.4, -0.2) is 19.0 Å². The molecule has 0 amide bonds. The first-order valence-electron chi connectivity index (χ1n) is 14.6. The number of hydrogen-bond donors (Lipinski definition) is 0. The summed E-state index contributed by atoms with van der Waals surface area (Å²) < 4.78 is 0. The molecular formula is C31H58P+. The van der Waals surface area contributed by atoms with Gasteiger partial charge in [-0.3, -0.25) is 0 Å². The standard InChI is InChI=1S/C31H58P/c1-4-6-8-10-12-14-16-18-20-25-29-32(3,31-27-23-22-24-28-31)30-26-21-19-17-15-13-11-9-7-5-2/h22-24,27-28H,4-21,25-26,29-30H2,1-3H3/q+1. The fourth-order valence-electron chi connectivity index (χ4n) is 5.05. The highest BCUT2D eigenvalue weighted by Crippen LogP contribution is 2.55. The number of benzene rings is 1. The summed E-state index contributed by atoms with van der Waals surface area (Å²) in [4.78, 5) is 0. The van der Waals surface area contributed by atoms with Crippen LogP contribution in [0.3, 0.4) is 0 Å². The Bertz CT molecular complexity index is 470. The second-order valence-corrected chi connectivity index (χ2v) is 14.7. The summed E-state index contributed by atoms with van der Waals surface area (Å²) in [6.07, 6.45) is 31.9. The summed E-state index contributed by atoms with van der Waals surface area (Å²) in [5.74, 6) is 0. The third-order valence-corrected chi connectivity index (χ3v) is 11.5. The molecular weight excluding hydrogens is 403 g/mol. The summed E-state index contributed by atoms with van der Waals surface area (Å²) in [5, 5.41) is 1.69. The molecule has 0 unspecified atom stereocenters. The fourth-order valence-corrected chi connectivity index (χ4v) is 8.53. The zero-order valence-electron chi connectivity index (χ0n) is 22.4. The van der Waals surface area contributed by atoms with Crippen molar-refractivity contribution in [1.29, 1.82) is 0 Å². The molecule has 0 spiro atoms. The van der Waals surface area contributed by atoms with E-state index < -0.39 is 7.26 Å². The third-order valence-electron chi connectivity index (χ3n) is 7.39. The first-order valence-corrected chi connectivity index (χ1v) is 17.2. The lowest BCUT2D eigenvalue weighted by Crippen LogP contribution is -2.16. The van der Waals surface area contributed by atoms with Gasteiger partial charge in [-0.2, -0.15) is 0 Å². The van der Waals surface area contributed by atoms with E-state index in [9.17, 15) is 0 Å². The van der Waals surface area contributed by atoms with Gasteiger partial charge in [0.05, 0.1) is 24.3 Å². The van der Waals surface area contributed by atoms with E-state index in [1.165, 1.54) is 141 Å². The topological polar surface area (TPSA) is 0 Å². The van der Waals surface area contributed by atoms with Crippen molar-refractivity contribution in [3.05, 3.63) is 30.3 Å². The molecule has 0 saturated heterocycles. The molecule has 1 aromatic rings. The van der Waals surface area contributed by atoms with Gasteiger partial charge in [0.1, 0.15) is 0 Å². The monoisotopic (exact) mass is 461 g/mol. The first kappa shape index (κ1) is 29.7. The Kier molecular flexibility index (Phi) is 19.7. The molecule has 0 heterocycles. The Morgan fingerprint density at radius 3 is 1.09 bits per heavy atom. The predicted octanol–water partition coefficient (Wildman–Crippen LogP) is 10.8. The second kappa shape index (κ2) is 21.2. The summed E-state index contributed by atoms with van der Waals surface area (Å²) in [6, 6.07) is 11.6. The SMILES string of the molecule is CCCCCCCCCCCC[P+](C)(CCCCCCCCCCCC)c1ccccc1. The number of unbranched alkanes of at least 4 members (excludes halogenated alkanes) is 18. The highest BCUT2D eigenvalue weighted by molar-refractivity contribution is 7.82. The normalized spacial score (nSPS) is 11.8. The Balaban J connectivity index is 2.21. The molecule has 0 fully saturated rings. The molecule has 0 aromatic heterocycles. The number of rotatable bonds is 23. The lowest BCUT2D eigenvalue weighted by atomic mass is 10.1. The molecule has 0 atom stereocenters. The Morgan fingerprint density at radius 1 is 0.438 bits per heavy atom. The molecule has 1 heteroatoms. The summed E-state index contributed by atoms with van der Waals surface area (Å²) in [7, 11) is -0.970. The van der Waals surface area contributed by atoms with Crippen LogP contribution in [0.5, 0.6) is 0 Å². The molecule has 0 saturated carbocycles. The zero-order valence-corrected chi connectivity index (χ0v) is 23.3. The zero-order chi connectivity index (χ0) is 23.2. The Morgan fingerprint density at radius 2 is 0.750 bits per heavy atom. The smallest absolute Gasteiger partial charge is 0.0654 e. The number of hydrogen-bond acceptors (Lipinski definition) is 0. The van der Waals surface area contributed by atoms with Crippen LogP contribution in [0.1, 0.15) is 142 Å². The quantitative estimate of drug-likeness (QED) is 0.112. The Hall–Kier alpha value is -0.350. The molecule has 32 heavy (non-hydrogen) atoms. The van der Waals surface area contributed by atoms with Crippen molar-refractivity contribution in [2.75, 3.05) is 19.0 Å². The lowest BCUT2D eigenvalue weighted by Gasteiger charge is -2.23. The van der Waals surface area contributed by atoms with Crippen molar-refractivity contribution in [3.63, 3.8) is 0 Å². The second-order valence-electron chi connectivity index (χ2n) is 10.5. The lowest BCUT2D eigenvalue weighted by molar-refractivity contribution is 0.561. The maximum atomic E-state index is 2.66. The van der Waals surface area contributed by atoms with Gasteiger partial charge in [0.2, 0.25) is 0 Å². The summed E-state index contributed by atoms with van der Waals surface area (Å²) in [5.41, 5.74) is 0. The van der Waals surface area contributed by atoms with Crippen molar-refractivity contribution < 1.29 is 0 Å². The van der Waals surface area contributed by atoms with Gasteiger partial charge in [-0.25, -0.2) is 0 Å². The van der Waals surface area contributed by atoms with Gasteiger partial charge in [0.15, 0.2) is 0 Å². The predicted molar refractivity (Wildman–Crippen MR) is 152 cm³/mol. The average molecular weight is 462 g/mol. The van der Waals surface area contributed by atoms with Gasteiger partial charge in [-0.05, 0) is 37.8 Å². The van der Waals surface area contributed by atoms with Crippen molar-refractivity contribution >= 4 is 12.6 Å². The minimum atomic E-state index is -0.970. The van der Waals surface area contributed by atoms with Crippen LogP contribution in [0.4, 0.5) is 0 Å². The van der Waals surface area contributed by atoms with Gasteiger partial charge in [0.25, 0.3) is 0 Å². The fraction of sp³-hybridized carbons (Fsp3) is 0.806. The van der Waals surface area contributed by atoms with Crippen molar-refractivity contribution in [1.82, 2.24) is 0 Å². The third kappa shape index (κ3) is 15.5. The van der Waals surface area contributed by atoms with Crippen LogP contribution in [-0.2, 0) is 0 Å². The van der Waals surface area contributed by atoms with Crippen LogP contribution in [0.2, 0.25) is 0 Å². The summed E-state index contributed by atoms with van der Waals surface area (Å²) in [6.45, 7) is 7.27. The van der Waals surface area contributed by atoms with E-state index in [2.05, 4.69) is 50.8 Å². The molecule has 1 aromatic carbocycles. The van der Waals surface area contributed by atoms with E-state index in [4.69, 9.17) is 0 Å². The van der Waals surface area contributed by atoms with E-state index >= 15 is 0 Å². The molecule has 0 aliphatic carbocycles. The van der Waals surface area contributed by atoms with Gasteiger partial charge in [-0.15, -0.1) is 0 Å². The van der Waals surface area contributed by atoms with Gasteiger partial charge < -0.3 is 0 Å². The van der Waals surface area contributed by atoms with Gasteiger partial charge in [-0.1, -0.05) is 135 Å². The highest BCUT2D eigenvalue weighted by Gasteiger charge is 2.32. The minimum absolute atomic E-state index is 0.970. The molecule has 0 radical (unpaired) electrons. The highest BCUT2D eigenvalue weighted by atomic mass is 31.2. The van der Waals surface area contributed by atoms with E-state index in [1.54, 1.807) is 5.30 Å². The maximum Gasteiger partial charge on any atom is 0.0936 e. The summed E-state index contributed by atoms with van der Waals surface area (Å²) >= 11 is 0. The van der Waals surface area contributed by atoms with Crippen LogP contribution < -0.4 is 5.30 Å². The maximum absolute atomic E-state index is 2.66. The average Bonchev–Trinajstić information content (AvgIpc) is 2.82. The van der Waals surface area contributed by atoms with Gasteiger partial charge >= 0.3 is 0 Å². The van der Waals surface area contributed by atoms with Crippen molar-refractivity contribution in [2.45, 2.75) is 142 Å². The minimum Gasteiger partial charge on any atom is -0.0654 e. The molecule has 0 aliphatic rings. The van der Waals surface area contributed by atoms with Crippen molar-refractivity contribution in [3.8, 4) is 0 Å².